The first kappa shape index (κ1) is 35.6. The van der Waals surface area contributed by atoms with Gasteiger partial charge in [-0.2, -0.15) is 0 Å². The summed E-state index contributed by atoms with van der Waals surface area (Å²) in [5, 5.41) is 42.2. The number of aliphatic hydroxyl groups excluding tert-OH is 3. The fourth-order valence-corrected chi connectivity index (χ4v) is 3.89. The lowest BCUT2D eigenvalue weighted by molar-refractivity contribution is -0.266. The summed E-state index contributed by atoms with van der Waals surface area (Å²) in [6.45, 7) is 6.68. The maximum Gasteiger partial charge on any atom is 0.249 e. The number of nitrogens with one attached hydrogen (secondary N) is 5. The van der Waals surface area contributed by atoms with Gasteiger partial charge in [0, 0.05) is 19.9 Å². The summed E-state index contributed by atoms with van der Waals surface area (Å²) in [6.07, 6.45) is -7.55. The molecule has 9 atom stereocenters. The molecular formula is C24H42N6O11. The van der Waals surface area contributed by atoms with Gasteiger partial charge >= 0.3 is 0 Å². The summed E-state index contributed by atoms with van der Waals surface area (Å²) in [5.74, 6) is -4.06. The molecule has 17 nitrogen and oxygen atoms in total. The standard InChI is InChI=1S/C24H42N6O11/c1-6-26-21(36)10(2)27-16(33)8-7-14(20(25)35)30-22(37)11(3)28-23(38)12(4)40-19-17(29-13(5)32)24(39)41-15(9-31)18(19)34/h10-12,14-15,17-19,24,31,34,39H,6-9H2,1-5H3,(H2,25,35)(H,26,36)(H,27,33)(H,28,38)(H,29,32)(H,30,37)/t10-,11-,12+,14+,15+,17+,18+,19-,24?/m0/s1. The number of amides is 6. The quantitative estimate of drug-likeness (QED) is 0.0873. The van der Waals surface area contributed by atoms with Crippen molar-refractivity contribution in [3.63, 3.8) is 0 Å². The van der Waals surface area contributed by atoms with E-state index in [4.69, 9.17) is 15.2 Å². The molecule has 41 heavy (non-hydrogen) atoms. The van der Waals surface area contributed by atoms with Gasteiger partial charge in [0.05, 0.1) is 6.61 Å². The summed E-state index contributed by atoms with van der Waals surface area (Å²) in [7, 11) is 0. The number of hydrogen-bond acceptors (Lipinski definition) is 11. The second-order valence-electron chi connectivity index (χ2n) is 9.62. The minimum absolute atomic E-state index is 0.171. The Kier molecular flexibility index (Phi) is 14.6. The fourth-order valence-electron chi connectivity index (χ4n) is 3.89. The molecule has 0 saturated carbocycles. The van der Waals surface area contributed by atoms with Gasteiger partial charge in [-0.05, 0) is 34.1 Å². The first-order valence-electron chi connectivity index (χ1n) is 13.1. The van der Waals surface area contributed by atoms with Gasteiger partial charge in [-0.15, -0.1) is 0 Å². The van der Waals surface area contributed by atoms with Gasteiger partial charge in [-0.3, -0.25) is 28.8 Å². The van der Waals surface area contributed by atoms with Crippen LogP contribution in [0.5, 0.6) is 0 Å². The Morgan fingerprint density at radius 1 is 0.951 bits per heavy atom. The highest BCUT2D eigenvalue weighted by Crippen LogP contribution is 2.23. The molecule has 0 aromatic rings. The van der Waals surface area contributed by atoms with Gasteiger partial charge in [-0.1, -0.05) is 0 Å². The van der Waals surface area contributed by atoms with Crippen LogP contribution in [0.25, 0.3) is 0 Å². The minimum atomic E-state index is -1.66. The monoisotopic (exact) mass is 590 g/mol. The summed E-state index contributed by atoms with van der Waals surface area (Å²) in [5.41, 5.74) is 5.35. The number of ether oxygens (including phenoxy) is 2. The van der Waals surface area contributed by atoms with E-state index < -0.39 is 91.0 Å². The van der Waals surface area contributed by atoms with E-state index in [1.807, 2.05) is 0 Å². The van der Waals surface area contributed by atoms with E-state index in [0.717, 1.165) is 6.92 Å². The Morgan fingerprint density at radius 2 is 1.56 bits per heavy atom. The van der Waals surface area contributed by atoms with E-state index in [1.165, 1.54) is 20.8 Å². The number of nitrogens with two attached hydrogens (primary N) is 1. The van der Waals surface area contributed by atoms with Crippen LogP contribution in [0.1, 0.15) is 47.5 Å². The topological polar surface area (TPSA) is 268 Å². The number of likely N-dealkylation sites (N-methyl/N-ethyl adjacent to an activating group) is 1. The molecule has 1 aliphatic heterocycles. The summed E-state index contributed by atoms with van der Waals surface area (Å²) in [4.78, 5) is 72.7. The Morgan fingerprint density at radius 3 is 2.10 bits per heavy atom. The lowest BCUT2D eigenvalue weighted by atomic mass is 9.96. The SMILES string of the molecule is CCNC(=O)[C@H](C)NC(=O)CC[C@@H](NC(=O)[C@H](C)NC(=O)[C@@H](C)O[C@@H]1[C@H](O)[C@@H](CO)OC(O)[C@@H]1NC(C)=O)C(N)=O. The van der Waals surface area contributed by atoms with Crippen LogP contribution in [-0.4, -0.2) is 119 Å². The predicted molar refractivity (Wildman–Crippen MR) is 140 cm³/mol. The number of carbonyl (C=O) groups excluding carboxylic acids is 6. The highest BCUT2D eigenvalue weighted by molar-refractivity contribution is 5.92. The van der Waals surface area contributed by atoms with Crippen LogP contribution in [0.15, 0.2) is 0 Å². The van der Waals surface area contributed by atoms with E-state index in [9.17, 15) is 44.1 Å². The molecule has 0 bridgehead atoms. The Balaban J connectivity index is 2.74. The molecule has 0 aliphatic carbocycles. The molecule has 1 rings (SSSR count). The molecule has 234 valence electrons. The van der Waals surface area contributed by atoms with Crippen molar-refractivity contribution in [2.45, 2.75) is 102 Å². The first-order valence-corrected chi connectivity index (χ1v) is 13.1. The Bertz CT molecular complexity index is 951. The van der Waals surface area contributed by atoms with Crippen molar-refractivity contribution in [3.05, 3.63) is 0 Å². The molecule has 1 fully saturated rings. The number of primary amides is 1. The maximum atomic E-state index is 12.7. The molecule has 1 unspecified atom stereocenters. The number of rotatable bonds is 15. The summed E-state index contributed by atoms with van der Waals surface area (Å²) >= 11 is 0. The third-order valence-corrected chi connectivity index (χ3v) is 6.17. The second-order valence-corrected chi connectivity index (χ2v) is 9.62. The largest absolute Gasteiger partial charge is 0.394 e. The smallest absolute Gasteiger partial charge is 0.249 e. The van der Waals surface area contributed by atoms with Gasteiger partial charge in [0.2, 0.25) is 35.4 Å². The molecule has 0 aromatic heterocycles. The molecular weight excluding hydrogens is 548 g/mol. The van der Waals surface area contributed by atoms with Crippen molar-refractivity contribution < 1.29 is 53.6 Å². The zero-order chi connectivity index (χ0) is 31.4. The van der Waals surface area contributed by atoms with Gasteiger partial charge in [0.25, 0.3) is 0 Å². The van der Waals surface area contributed by atoms with Crippen LogP contribution in [0.2, 0.25) is 0 Å². The highest BCUT2D eigenvalue weighted by atomic mass is 16.6. The van der Waals surface area contributed by atoms with E-state index in [-0.39, 0.29) is 18.7 Å². The van der Waals surface area contributed by atoms with Crippen LogP contribution in [0.3, 0.4) is 0 Å². The Hall–Kier alpha value is -3.38. The number of carbonyl (C=O) groups is 6. The maximum absolute atomic E-state index is 12.7. The van der Waals surface area contributed by atoms with Gasteiger partial charge in [0.15, 0.2) is 6.29 Å². The molecule has 1 heterocycles. The van der Waals surface area contributed by atoms with Crippen LogP contribution in [0, 0.1) is 0 Å². The van der Waals surface area contributed by atoms with Gasteiger partial charge in [0.1, 0.15) is 48.6 Å². The van der Waals surface area contributed by atoms with Crippen LogP contribution in [0.4, 0.5) is 0 Å². The Labute approximate surface area is 237 Å². The van der Waals surface area contributed by atoms with Crippen LogP contribution in [-0.2, 0) is 38.2 Å². The normalized spacial score (nSPS) is 25.0. The van der Waals surface area contributed by atoms with Crippen LogP contribution < -0.4 is 32.3 Å². The molecule has 0 aromatic carbocycles. The molecule has 6 amide bonds. The van der Waals surface area contributed by atoms with Crippen LogP contribution >= 0.6 is 0 Å². The third-order valence-electron chi connectivity index (χ3n) is 6.17. The average molecular weight is 591 g/mol. The van der Waals surface area contributed by atoms with Crippen molar-refractivity contribution in [2.75, 3.05) is 13.2 Å². The van der Waals surface area contributed by atoms with E-state index in [2.05, 4.69) is 26.6 Å². The average Bonchev–Trinajstić information content (AvgIpc) is 2.89. The van der Waals surface area contributed by atoms with E-state index in [0.29, 0.717) is 6.54 Å². The van der Waals surface area contributed by atoms with Gasteiger partial charge < -0.3 is 57.1 Å². The predicted octanol–water partition coefficient (Wildman–Crippen LogP) is -4.77. The third kappa shape index (κ3) is 11.2. The zero-order valence-corrected chi connectivity index (χ0v) is 23.7. The van der Waals surface area contributed by atoms with Crippen molar-refractivity contribution in [1.82, 2.24) is 26.6 Å². The minimum Gasteiger partial charge on any atom is -0.394 e. The molecule has 1 saturated heterocycles. The van der Waals surface area contributed by atoms with Gasteiger partial charge in [-0.25, -0.2) is 0 Å². The zero-order valence-electron chi connectivity index (χ0n) is 23.7. The lowest BCUT2D eigenvalue weighted by Gasteiger charge is -2.43. The summed E-state index contributed by atoms with van der Waals surface area (Å²) in [6, 6.07) is -4.55. The highest BCUT2D eigenvalue weighted by Gasteiger charge is 2.47. The molecule has 17 heteroatoms. The molecule has 0 radical (unpaired) electrons. The second kappa shape index (κ2) is 16.8. The number of hydrogen-bond donors (Lipinski definition) is 9. The number of aliphatic hydroxyl groups is 3. The lowest BCUT2D eigenvalue weighted by Crippen LogP contribution is -2.65. The first-order chi connectivity index (χ1) is 19.1. The molecule has 10 N–H and O–H groups in total. The van der Waals surface area contributed by atoms with Crippen molar-refractivity contribution in [2.24, 2.45) is 5.73 Å². The summed E-state index contributed by atoms with van der Waals surface area (Å²) < 4.78 is 10.7. The van der Waals surface area contributed by atoms with E-state index in [1.54, 1.807) is 6.92 Å². The van der Waals surface area contributed by atoms with E-state index >= 15 is 0 Å². The van der Waals surface area contributed by atoms with Crippen molar-refractivity contribution >= 4 is 35.4 Å². The van der Waals surface area contributed by atoms with Crippen molar-refractivity contribution in [1.29, 1.82) is 0 Å². The molecule has 1 aliphatic rings. The fraction of sp³-hybridized carbons (Fsp3) is 0.750. The van der Waals surface area contributed by atoms with Crippen molar-refractivity contribution in [3.8, 4) is 0 Å². The molecule has 0 spiro atoms.